The number of aromatic nitrogens is 1. The van der Waals surface area contributed by atoms with E-state index in [0.717, 1.165) is 25.8 Å². The molecular formula is C16H22N2S. The highest BCUT2D eigenvalue weighted by Gasteiger charge is 2.05. The van der Waals surface area contributed by atoms with Gasteiger partial charge in [0.25, 0.3) is 0 Å². The topological polar surface area (TPSA) is 24.9 Å². The number of benzene rings is 1. The van der Waals surface area contributed by atoms with Crippen molar-refractivity contribution in [2.75, 3.05) is 0 Å². The molecule has 0 spiro atoms. The van der Waals surface area contributed by atoms with Crippen LogP contribution in [0.3, 0.4) is 0 Å². The maximum absolute atomic E-state index is 4.43. The van der Waals surface area contributed by atoms with Crippen molar-refractivity contribution in [2.45, 2.75) is 45.7 Å². The van der Waals surface area contributed by atoms with Crippen LogP contribution < -0.4 is 5.32 Å². The fourth-order valence-corrected chi connectivity index (χ4v) is 2.80. The predicted molar refractivity (Wildman–Crippen MR) is 82.6 cm³/mol. The summed E-state index contributed by atoms with van der Waals surface area (Å²) in [5.41, 5.74) is 1.42. The molecule has 0 aliphatic heterocycles. The van der Waals surface area contributed by atoms with E-state index in [1.165, 1.54) is 15.4 Å². The summed E-state index contributed by atoms with van der Waals surface area (Å²) in [5, 5.41) is 4.75. The number of thiazole rings is 1. The second-order valence-electron chi connectivity index (χ2n) is 4.88. The lowest BCUT2D eigenvalue weighted by atomic mass is 10.1. The number of aryl methyl sites for hydroxylation is 2. The van der Waals surface area contributed by atoms with Crippen molar-refractivity contribution in [2.24, 2.45) is 0 Å². The third-order valence-electron chi connectivity index (χ3n) is 3.26. The zero-order chi connectivity index (χ0) is 13.5. The van der Waals surface area contributed by atoms with Crippen molar-refractivity contribution in [1.82, 2.24) is 10.3 Å². The van der Waals surface area contributed by atoms with Crippen molar-refractivity contribution in [3.8, 4) is 0 Å². The van der Waals surface area contributed by atoms with Gasteiger partial charge < -0.3 is 5.32 Å². The molecule has 1 aromatic carbocycles. The van der Waals surface area contributed by atoms with Crippen LogP contribution in [0, 0.1) is 0 Å². The van der Waals surface area contributed by atoms with Crippen molar-refractivity contribution < 1.29 is 0 Å². The molecule has 1 N–H and O–H groups in total. The van der Waals surface area contributed by atoms with Gasteiger partial charge in [0, 0.05) is 23.7 Å². The molecule has 1 atom stereocenters. The molecule has 2 aromatic rings. The van der Waals surface area contributed by atoms with Gasteiger partial charge in [-0.2, -0.15) is 0 Å². The molecule has 3 heteroatoms. The van der Waals surface area contributed by atoms with E-state index in [4.69, 9.17) is 0 Å². The summed E-state index contributed by atoms with van der Waals surface area (Å²) in [7, 11) is 0. The van der Waals surface area contributed by atoms with Gasteiger partial charge in [0.15, 0.2) is 0 Å². The van der Waals surface area contributed by atoms with E-state index in [2.05, 4.69) is 54.5 Å². The molecule has 19 heavy (non-hydrogen) atoms. The van der Waals surface area contributed by atoms with Crippen molar-refractivity contribution in [3.63, 3.8) is 0 Å². The van der Waals surface area contributed by atoms with E-state index < -0.39 is 0 Å². The molecule has 0 aliphatic rings. The number of nitrogens with one attached hydrogen (secondary N) is 1. The summed E-state index contributed by atoms with van der Waals surface area (Å²) >= 11 is 1.82. The summed E-state index contributed by atoms with van der Waals surface area (Å²) in [6.45, 7) is 5.31. The highest BCUT2D eigenvalue weighted by molar-refractivity contribution is 7.11. The van der Waals surface area contributed by atoms with Crippen LogP contribution in [0.2, 0.25) is 0 Å². The first kappa shape index (κ1) is 14.2. The second kappa shape index (κ2) is 7.41. The first-order valence-electron chi connectivity index (χ1n) is 6.99. The zero-order valence-corrected chi connectivity index (χ0v) is 12.5. The smallest absolute Gasteiger partial charge is 0.107 e. The van der Waals surface area contributed by atoms with Gasteiger partial charge in [-0.3, -0.25) is 0 Å². The number of nitrogens with zero attached hydrogens (tertiary/aromatic N) is 1. The van der Waals surface area contributed by atoms with E-state index in [0.29, 0.717) is 6.04 Å². The van der Waals surface area contributed by atoms with Gasteiger partial charge in [-0.05, 0) is 31.7 Å². The van der Waals surface area contributed by atoms with Gasteiger partial charge in [-0.15, -0.1) is 11.3 Å². The van der Waals surface area contributed by atoms with Crippen LogP contribution in [0.15, 0.2) is 36.5 Å². The average Bonchev–Trinajstić information content (AvgIpc) is 2.92. The minimum Gasteiger partial charge on any atom is -0.308 e. The molecular weight excluding hydrogens is 252 g/mol. The van der Waals surface area contributed by atoms with Gasteiger partial charge in [0.1, 0.15) is 5.01 Å². The monoisotopic (exact) mass is 274 g/mol. The Morgan fingerprint density at radius 1 is 1.26 bits per heavy atom. The van der Waals surface area contributed by atoms with E-state index in [1.54, 1.807) is 0 Å². The SMILES string of the molecule is CCc1cnc(CNC(C)CCc2ccccc2)s1. The molecule has 0 amide bonds. The third-order valence-corrected chi connectivity index (χ3v) is 4.40. The quantitative estimate of drug-likeness (QED) is 0.830. The second-order valence-corrected chi connectivity index (χ2v) is 6.08. The van der Waals surface area contributed by atoms with Crippen LogP contribution in [0.4, 0.5) is 0 Å². The van der Waals surface area contributed by atoms with Crippen LogP contribution in [0.5, 0.6) is 0 Å². The van der Waals surface area contributed by atoms with Crippen LogP contribution in [0.25, 0.3) is 0 Å². The lowest BCUT2D eigenvalue weighted by Gasteiger charge is -2.12. The molecule has 1 unspecified atom stereocenters. The summed E-state index contributed by atoms with van der Waals surface area (Å²) < 4.78 is 0. The lowest BCUT2D eigenvalue weighted by molar-refractivity contribution is 0.513. The Morgan fingerprint density at radius 3 is 2.74 bits per heavy atom. The Bertz CT molecular complexity index is 479. The zero-order valence-electron chi connectivity index (χ0n) is 11.7. The fourth-order valence-electron chi connectivity index (χ4n) is 1.98. The number of hydrogen-bond donors (Lipinski definition) is 1. The standard InChI is InChI=1S/C16H22N2S/c1-3-15-11-18-16(19-15)12-17-13(2)9-10-14-7-5-4-6-8-14/h4-8,11,13,17H,3,9-10,12H2,1-2H3. The molecule has 0 aliphatic carbocycles. The summed E-state index contributed by atoms with van der Waals surface area (Å²) in [6.07, 6.45) is 5.38. The van der Waals surface area contributed by atoms with Crippen molar-refractivity contribution in [3.05, 3.63) is 52.0 Å². The molecule has 0 saturated heterocycles. The highest BCUT2D eigenvalue weighted by atomic mass is 32.1. The summed E-state index contributed by atoms with van der Waals surface area (Å²) in [6, 6.07) is 11.2. The lowest BCUT2D eigenvalue weighted by Crippen LogP contribution is -2.25. The summed E-state index contributed by atoms with van der Waals surface area (Å²) in [5.74, 6) is 0. The van der Waals surface area contributed by atoms with Crippen LogP contribution in [-0.2, 0) is 19.4 Å². The van der Waals surface area contributed by atoms with Gasteiger partial charge >= 0.3 is 0 Å². The highest BCUT2D eigenvalue weighted by Crippen LogP contribution is 2.13. The Balaban J connectivity index is 1.71. The first-order chi connectivity index (χ1) is 9.28. The minimum absolute atomic E-state index is 0.522. The minimum atomic E-state index is 0.522. The molecule has 0 radical (unpaired) electrons. The molecule has 0 fully saturated rings. The number of hydrogen-bond acceptors (Lipinski definition) is 3. The number of rotatable bonds is 7. The van der Waals surface area contributed by atoms with Gasteiger partial charge in [0.2, 0.25) is 0 Å². The predicted octanol–water partition coefficient (Wildman–Crippen LogP) is 3.82. The summed E-state index contributed by atoms with van der Waals surface area (Å²) in [4.78, 5) is 5.80. The molecule has 2 nitrogen and oxygen atoms in total. The van der Waals surface area contributed by atoms with E-state index in [1.807, 2.05) is 17.5 Å². The maximum atomic E-state index is 4.43. The average molecular weight is 274 g/mol. The van der Waals surface area contributed by atoms with Crippen molar-refractivity contribution >= 4 is 11.3 Å². The Labute approximate surface area is 119 Å². The maximum Gasteiger partial charge on any atom is 0.107 e. The molecule has 0 saturated carbocycles. The Kier molecular flexibility index (Phi) is 5.55. The van der Waals surface area contributed by atoms with Crippen LogP contribution in [-0.4, -0.2) is 11.0 Å². The Morgan fingerprint density at radius 2 is 2.05 bits per heavy atom. The van der Waals surface area contributed by atoms with Crippen molar-refractivity contribution in [1.29, 1.82) is 0 Å². The first-order valence-corrected chi connectivity index (χ1v) is 7.80. The van der Waals surface area contributed by atoms with Gasteiger partial charge in [-0.25, -0.2) is 4.98 Å². The molecule has 2 rings (SSSR count). The van der Waals surface area contributed by atoms with E-state index in [-0.39, 0.29) is 0 Å². The van der Waals surface area contributed by atoms with Crippen LogP contribution >= 0.6 is 11.3 Å². The van der Waals surface area contributed by atoms with E-state index >= 15 is 0 Å². The van der Waals surface area contributed by atoms with Gasteiger partial charge in [-0.1, -0.05) is 37.3 Å². The Hall–Kier alpha value is -1.19. The normalized spacial score (nSPS) is 12.5. The van der Waals surface area contributed by atoms with Crippen LogP contribution in [0.1, 0.15) is 35.7 Å². The van der Waals surface area contributed by atoms with E-state index in [9.17, 15) is 0 Å². The third kappa shape index (κ3) is 4.77. The molecule has 102 valence electrons. The molecule has 1 aromatic heterocycles. The fraction of sp³-hybridized carbons (Fsp3) is 0.438. The largest absolute Gasteiger partial charge is 0.308 e. The molecule has 0 bridgehead atoms. The molecule has 1 heterocycles. The van der Waals surface area contributed by atoms with Gasteiger partial charge in [0.05, 0.1) is 0 Å².